The molecule has 0 aliphatic rings. The van der Waals surface area contributed by atoms with E-state index in [-0.39, 0.29) is 25.2 Å². The summed E-state index contributed by atoms with van der Waals surface area (Å²) >= 11 is 0. The Labute approximate surface area is 183 Å². The second-order valence-electron chi connectivity index (χ2n) is 7.71. The van der Waals surface area contributed by atoms with Crippen LogP contribution in [-0.2, 0) is 19.1 Å². The molecule has 0 amide bonds. The van der Waals surface area contributed by atoms with E-state index in [0.29, 0.717) is 12.8 Å². The molecule has 0 aromatic rings. The Kier molecular flexibility index (Phi) is 20.9. The molecule has 5 heteroatoms. The molecular weight excluding hydrogens is 380 g/mol. The summed E-state index contributed by atoms with van der Waals surface area (Å²) < 4.78 is 10.2. The van der Waals surface area contributed by atoms with Crippen LogP contribution >= 0.6 is 0 Å². The van der Waals surface area contributed by atoms with Crippen molar-refractivity contribution in [3.63, 3.8) is 0 Å². The van der Waals surface area contributed by atoms with Gasteiger partial charge in [0.25, 0.3) is 0 Å². The van der Waals surface area contributed by atoms with Crippen LogP contribution in [0.15, 0.2) is 24.3 Å². The molecule has 0 aliphatic carbocycles. The number of esters is 2. The van der Waals surface area contributed by atoms with Gasteiger partial charge in [-0.25, -0.2) is 0 Å². The molecule has 1 unspecified atom stereocenters. The number of rotatable bonds is 20. The third-order valence-corrected chi connectivity index (χ3v) is 4.75. The van der Waals surface area contributed by atoms with Gasteiger partial charge in [0.2, 0.25) is 0 Å². The molecule has 0 aliphatic heterocycles. The molecule has 0 aromatic carbocycles. The van der Waals surface area contributed by atoms with Gasteiger partial charge in [-0.2, -0.15) is 0 Å². The molecule has 0 saturated carbocycles. The summed E-state index contributed by atoms with van der Waals surface area (Å²) in [6.07, 6.45) is 21.7. The number of carbonyl (C=O) groups excluding carboxylic acids is 2. The van der Waals surface area contributed by atoms with Crippen LogP contribution in [0.25, 0.3) is 0 Å². The SMILES string of the molecule is CCCC/C=C\C/C=C\CCCCCCCC(=O)OC(CO)COC(=O)CCCC. The molecule has 0 spiro atoms. The summed E-state index contributed by atoms with van der Waals surface area (Å²) in [7, 11) is 0. The highest BCUT2D eigenvalue weighted by Gasteiger charge is 2.15. The molecule has 0 aromatic heterocycles. The number of allylic oxidation sites excluding steroid dienone is 4. The van der Waals surface area contributed by atoms with E-state index in [4.69, 9.17) is 9.47 Å². The van der Waals surface area contributed by atoms with Gasteiger partial charge in [0.15, 0.2) is 6.10 Å². The number of aliphatic hydroxyl groups is 1. The van der Waals surface area contributed by atoms with Crippen molar-refractivity contribution in [1.82, 2.24) is 0 Å². The average molecular weight is 425 g/mol. The zero-order chi connectivity index (χ0) is 22.3. The highest BCUT2D eigenvalue weighted by molar-refractivity contribution is 5.70. The van der Waals surface area contributed by atoms with Crippen LogP contribution in [0.2, 0.25) is 0 Å². The van der Waals surface area contributed by atoms with E-state index in [0.717, 1.165) is 44.9 Å². The molecule has 0 heterocycles. The second-order valence-corrected chi connectivity index (χ2v) is 7.71. The zero-order valence-corrected chi connectivity index (χ0v) is 19.3. The summed E-state index contributed by atoms with van der Waals surface area (Å²) in [4.78, 5) is 23.3. The third kappa shape index (κ3) is 19.7. The Morgan fingerprint density at radius 2 is 1.37 bits per heavy atom. The number of carbonyl (C=O) groups is 2. The van der Waals surface area contributed by atoms with Crippen molar-refractivity contribution < 1.29 is 24.2 Å². The number of hydrogen-bond donors (Lipinski definition) is 1. The summed E-state index contributed by atoms with van der Waals surface area (Å²) in [5.41, 5.74) is 0. The average Bonchev–Trinajstić information content (AvgIpc) is 2.75. The highest BCUT2D eigenvalue weighted by atomic mass is 16.6. The highest BCUT2D eigenvalue weighted by Crippen LogP contribution is 2.09. The molecule has 0 bridgehead atoms. The maximum atomic E-state index is 11.9. The number of unbranched alkanes of at least 4 members (excludes halogenated alkanes) is 8. The van der Waals surface area contributed by atoms with Crippen LogP contribution in [0.1, 0.15) is 104 Å². The Hall–Kier alpha value is -1.62. The first-order valence-corrected chi connectivity index (χ1v) is 11.9. The molecule has 174 valence electrons. The maximum Gasteiger partial charge on any atom is 0.306 e. The van der Waals surface area contributed by atoms with Gasteiger partial charge < -0.3 is 14.6 Å². The Morgan fingerprint density at radius 1 is 0.767 bits per heavy atom. The lowest BCUT2D eigenvalue weighted by molar-refractivity contribution is -0.161. The lowest BCUT2D eigenvalue weighted by atomic mass is 10.1. The molecular formula is C25H44O5. The van der Waals surface area contributed by atoms with Gasteiger partial charge in [-0.05, 0) is 38.5 Å². The lowest BCUT2D eigenvalue weighted by Gasteiger charge is -2.15. The van der Waals surface area contributed by atoms with Gasteiger partial charge in [0.05, 0.1) is 6.61 Å². The number of hydrogen-bond acceptors (Lipinski definition) is 5. The fraction of sp³-hybridized carbons (Fsp3) is 0.760. The predicted molar refractivity (Wildman–Crippen MR) is 122 cm³/mol. The molecule has 0 fully saturated rings. The van der Waals surface area contributed by atoms with Crippen LogP contribution in [0.5, 0.6) is 0 Å². The first kappa shape index (κ1) is 28.4. The van der Waals surface area contributed by atoms with Gasteiger partial charge in [-0.15, -0.1) is 0 Å². The van der Waals surface area contributed by atoms with Crippen molar-refractivity contribution in [3.05, 3.63) is 24.3 Å². The molecule has 0 saturated heterocycles. The zero-order valence-electron chi connectivity index (χ0n) is 19.3. The molecule has 0 rings (SSSR count). The van der Waals surface area contributed by atoms with E-state index in [1.807, 2.05) is 6.92 Å². The molecule has 1 atom stereocenters. The molecule has 1 N–H and O–H groups in total. The normalized spacial score (nSPS) is 12.5. The minimum atomic E-state index is -0.767. The van der Waals surface area contributed by atoms with E-state index >= 15 is 0 Å². The van der Waals surface area contributed by atoms with Crippen LogP contribution < -0.4 is 0 Å². The van der Waals surface area contributed by atoms with Gasteiger partial charge in [0.1, 0.15) is 6.61 Å². The second kappa shape index (κ2) is 22.1. The van der Waals surface area contributed by atoms with Crippen LogP contribution in [0.4, 0.5) is 0 Å². The van der Waals surface area contributed by atoms with Crippen molar-refractivity contribution in [1.29, 1.82) is 0 Å². The monoisotopic (exact) mass is 424 g/mol. The summed E-state index contributed by atoms with van der Waals surface area (Å²) in [6, 6.07) is 0. The standard InChI is InChI=1S/C25H44O5/c1-3-5-7-8-9-10-11-12-13-14-15-16-17-18-20-25(28)30-23(21-26)22-29-24(27)19-6-4-2/h8-9,11-12,23,26H,3-7,10,13-22H2,1-2H3/b9-8-,12-11-. The lowest BCUT2D eigenvalue weighted by Crippen LogP contribution is -2.28. The number of aliphatic hydroxyl groups excluding tert-OH is 1. The first-order valence-electron chi connectivity index (χ1n) is 11.9. The van der Waals surface area contributed by atoms with Crippen molar-refractivity contribution in [2.45, 2.75) is 110 Å². The molecule has 30 heavy (non-hydrogen) atoms. The van der Waals surface area contributed by atoms with Crippen LogP contribution in [-0.4, -0.2) is 36.4 Å². The van der Waals surface area contributed by atoms with E-state index in [1.54, 1.807) is 0 Å². The fourth-order valence-corrected chi connectivity index (χ4v) is 2.84. The minimum absolute atomic E-state index is 0.0766. The van der Waals surface area contributed by atoms with Gasteiger partial charge in [-0.1, -0.05) is 76.7 Å². The fourth-order valence-electron chi connectivity index (χ4n) is 2.84. The molecule has 5 nitrogen and oxygen atoms in total. The van der Waals surface area contributed by atoms with Gasteiger partial charge in [-0.3, -0.25) is 9.59 Å². The van der Waals surface area contributed by atoms with Crippen molar-refractivity contribution in [2.75, 3.05) is 13.2 Å². The maximum absolute atomic E-state index is 11.9. The topological polar surface area (TPSA) is 72.8 Å². The van der Waals surface area contributed by atoms with Crippen molar-refractivity contribution in [3.8, 4) is 0 Å². The summed E-state index contributed by atoms with van der Waals surface area (Å²) in [5, 5.41) is 9.28. The first-order chi connectivity index (χ1) is 14.6. The van der Waals surface area contributed by atoms with E-state index in [9.17, 15) is 14.7 Å². The summed E-state index contributed by atoms with van der Waals surface area (Å²) in [6.45, 7) is 3.79. The summed E-state index contributed by atoms with van der Waals surface area (Å²) in [5.74, 6) is -0.654. The van der Waals surface area contributed by atoms with E-state index in [2.05, 4.69) is 31.2 Å². The van der Waals surface area contributed by atoms with Crippen LogP contribution in [0.3, 0.4) is 0 Å². The largest absolute Gasteiger partial charge is 0.462 e. The predicted octanol–water partition coefficient (Wildman–Crippen LogP) is 6.05. The Morgan fingerprint density at radius 3 is 2.03 bits per heavy atom. The third-order valence-electron chi connectivity index (χ3n) is 4.75. The Balaban J connectivity index is 3.61. The van der Waals surface area contributed by atoms with E-state index in [1.165, 1.54) is 32.1 Å². The van der Waals surface area contributed by atoms with Crippen LogP contribution in [0, 0.1) is 0 Å². The minimum Gasteiger partial charge on any atom is -0.462 e. The number of ether oxygens (including phenoxy) is 2. The molecule has 0 radical (unpaired) electrons. The van der Waals surface area contributed by atoms with Gasteiger partial charge in [0, 0.05) is 12.8 Å². The quantitative estimate of drug-likeness (QED) is 0.146. The van der Waals surface area contributed by atoms with Crippen molar-refractivity contribution >= 4 is 11.9 Å². The van der Waals surface area contributed by atoms with Crippen molar-refractivity contribution in [2.24, 2.45) is 0 Å². The Bertz CT molecular complexity index is 470. The van der Waals surface area contributed by atoms with E-state index < -0.39 is 6.10 Å². The smallest absolute Gasteiger partial charge is 0.306 e. The van der Waals surface area contributed by atoms with Gasteiger partial charge >= 0.3 is 11.9 Å².